The number of para-hydroxylation sites is 2. The Morgan fingerprint density at radius 2 is 1.94 bits per heavy atom. The van der Waals surface area contributed by atoms with Crippen molar-refractivity contribution < 1.29 is 9.59 Å². The van der Waals surface area contributed by atoms with Crippen LogP contribution in [0, 0.1) is 13.8 Å². The van der Waals surface area contributed by atoms with Crippen LogP contribution in [0.15, 0.2) is 29.6 Å². The number of piperidine rings is 1. The summed E-state index contributed by atoms with van der Waals surface area (Å²) in [6, 6.07) is 7.77. The molecular formula is C23H24N6O2S2. The van der Waals surface area contributed by atoms with Crippen LogP contribution in [-0.2, 0) is 6.54 Å². The van der Waals surface area contributed by atoms with E-state index in [4.69, 9.17) is 0 Å². The number of hydrogen-bond acceptors (Lipinski definition) is 7. The summed E-state index contributed by atoms with van der Waals surface area (Å²) in [7, 11) is 0. The average molecular weight is 481 g/mol. The zero-order valence-corrected chi connectivity index (χ0v) is 20.1. The number of carbonyl (C=O) groups is 2. The van der Waals surface area contributed by atoms with Crippen LogP contribution >= 0.6 is 22.7 Å². The second kappa shape index (κ2) is 9.03. The molecule has 0 aliphatic carbocycles. The van der Waals surface area contributed by atoms with Crippen LogP contribution in [0.25, 0.3) is 11.0 Å². The zero-order valence-electron chi connectivity index (χ0n) is 18.4. The van der Waals surface area contributed by atoms with Gasteiger partial charge in [-0.3, -0.25) is 9.59 Å². The number of amides is 2. The Bertz CT molecular complexity index is 1280. The van der Waals surface area contributed by atoms with Crippen LogP contribution in [-0.4, -0.2) is 49.7 Å². The molecule has 0 atom stereocenters. The Hall–Kier alpha value is -3.11. The molecule has 3 aromatic heterocycles. The van der Waals surface area contributed by atoms with Crippen molar-refractivity contribution in [2.24, 2.45) is 0 Å². The van der Waals surface area contributed by atoms with E-state index < -0.39 is 0 Å². The molecule has 2 amide bonds. The van der Waals surface area contributed by atoms with Crippen molar-refractivity contribution >= 4 is 45.5 Å². The number of nitrogens with zero attached hydrogens (tertiary/aromatic N) is 4. The lowest BCUT2D eigenvalue weighted by molar-refractivity contribution is 0.0717. The molecule has 2 N–H and O–H groups in total. The number of aromatic amines is 1. The van der Waals surface area contributed by atoms with Gasteiger partial charge < -0.3 is 15.2 Å². The Morgan fingerprint density at radius 1 is 1.15 bits per heavy atom. The molecule has 1 fully saturated rings. The predicted molar refractivity (Wildman–Crippen MR) is 129 cm³/mol. The largest absolute Gasteiger partial charge is 0.343 e. The standard InChI is InChI=1S/C23H24N6O2S2/c1-13-20(33-14(2)25-13)23(31)29-9-7-15(8-10-29)22-28-18(12-32-22)21(30)24-11-19-26-16-5-3-4-6-17(16)27-19/h3-6,12,15H,7-11H2,1-2H3,(H,24,30)(H,26,27). The summed E-state index contributed by atoms with van der Waals surface area (Å²) < 4.78 is 0. The Kier molecular flexibility index (Phi) is 5.94. The first kappa shape index (κ1) is 21.7. The molecule has 4 aromatic rings. The normalized spacial score (nSPS) is 14.7. The van der Waals surface area contributed by atoms with Crippen LogP contribution in [0.3, 0.4) is 0 Å². The number of aromatic nitrogens is 4. The SMILES string of the molecule is Cc1nc(C)c(C(=O)N2CCC(c3nc(C(=O)NCc4nc5ccccc5[nH]4)cs3)CC2)s1. The molecule has 33 heavy (non-hydrogen) atoms. The summed E-state index contributed by atoms with van der Waals surface area (Å²) >= 11 is 2.97. The highest BCUT2D eigenvalue weighted by atomic mass is 32.1. The van der Waals surface area contributed by atoms with E-state index in [1.54, 1.807) is 0 Å². The van der Waals surface area contributed by atoms with Gasteiger partial charge in [0.05, 0.1) is 33.3 Å². The highest BCUT2D eigenvalue weighted by Crippen LogP contribution is 2.31. The quantitative estimate of drug-likeness (QED) is 0.449. The van der Waals surface area contributed by atoms with E-state index in [9.17, 15) is 9.59 Å². The number of imidazole rings is 1. The number of likely N-dealkylation sites (tertiary alicyclic amines) is 1. The summed E-state index contributed by atoms with van der Waals surface area (Å²) in [5.74, 6) is 0.839. The molecule has 8 nitrogen and oxygen atoms in total. The van der Waals surface area contributed by atoms with E-state index in [2.05, 4.69) is 25.3 Å². The van der Waals surface area contributed by atoms with Crippen molar-refractivity contribution in [1.82, 2.24) is 30.2 Å². The van der Waals surface area contributed by atoms with Crippen LogP contribution in [0.4, 0.5) is 0 Å². The number of nitrogens with one attached hydrogen (secondary N) is 2. The first-order valence-corrected chi connectivity index (χ1v) is 12.6. The van der Waals surface area contributed by atoms with Crippen molar-refractivity contribution in [2.45, 2.75) is 39.2 Å². The maximum atomic E-state index is 12.8. The van der Waals surface area contributed by atoms with E-state index in [1.807, 2.05) is 48.4 Å². The van der Waals surface area contributed by atoms with Gasteiger partial charge >= 0.3 is 0 Å². The maximum absolute atomic E-state index is 12.8. The van der Waals surface area contributed by atoms with E-state index in [-0.39, 0.29) is 17.7 Å². The average Bonchev–Trinajstić information content (AvgIpc) is 3.55. The van der Waals surface area contributed by atoms with Gasteiger partial charge in [0, 0.05) is 24.4 Å². The summed E-state index contributed by atoms with van der Waals surface area (Å²) in [6.45, 7) is 5.50. The first-order chi connectivity index (χ1) is 16.0. The molecule has 4 heterocycles. The number of fused-ring (bicyclic) bond motifs is 1. The van der Waals surface area contributed by atoms with E-state index in [0.29, 0.717) is 31.2 Å². The minimum absolute atomic E-state index is 0.0707. The van der Waals surface area contributed by atoms with Crippen LogP contribution in [0.1, 0.15) is 60.5 Å². The van der Waals surface area contributed by atoms with Gasteiger partial charge in [0.25, 0.3) is 11.8 Å². The molecule has 1 aromatic carbocycles. The number of H-pyrrole nitrogens is 1. The minimum atomic E-state index is -0.207. The third kappa shape index (κ3) is 4.53. The Balaban J connectivity index is 1.16. The van der Waals surface area contributed by atoms with Crippen LogP contribution < -0.4 is 5.32 Å². The number of thiazole rings is 2. The molecule has 1 saturated heterocycles. The second-order valence-electron chi connectivity index (χ2n) is 8.17. The topological polar surface area (TPSA) is 104 Å². The second-order valence-corrected chi connectivity index (χ2v) is 10.3. The number of aryl methyl sites for hydroxylation is 2. The lowest BCUT2D eigenvalue weighted by Gasteiger charge is -2.30. The fraction of sp³-hybridized carbons (Fsp3) is 0.348. The van der Waals surface area contributed by atoms with E-state index >= 15 is 0 Å². The van der Waals surface area contributed by atoms with Gasteiger partial charge in [-0.15, -0.1) is 22.7 Å². The molecule has 1 aliphatic rings. The minimum Gasteiger partial charge on any atom is -0.343 e. The van der Waals surface area contributed by atoms with Crippen LogP contribution in [0.5, 0.6) is 0 Å². The lowest BCUT2D eigenvalue weighted by Crippen LogP contribution is -2.37. The molecule has 0 bridgehead atoms. The number of rotatable bonds is 5. The van der Waals surface area contributed by atoms with Crippen molar-refractivity contribution in [3.8, 4) is 0 Å². The summed E-state index contributed by atoms with van der Waals surface area (Å²) in [4.78, 5) is 44.7. The highest BCUT2D eigenvalue weighted by Gasteiger charge is 2.28. The predicted octanol–water partition coefficient (Wildman–Crippen LogP) is 4.04. The number of benzene rings is 1. The monoisotopic (exact) mass is 480 g/mol. The number of hydrogen-bond donors (Lipinski definition) is 2. The molecule has 0 spiro atoms. The lowest BCUT2D eigenvalue weighted by atomic mass is 9.97. The van der Waals surface area contributed by atoms with Gasteiger partial charge in [-0.1, -0.05) is 12.1 Å². The third-order valence-electron chi connectivity index (χ3n) is 5.84. The summed E-state index contributed by atoms with van der Waals surface area (Å²) in [6.07, 6.45) is 1.69. The van der Waals surface area contributed by atoms with Gasteiger partial charge in [-0.25, -0.2) is 15.0 Å². The zero-order chi connectivity index (χ0) is 22.9. The molecule has 0 radical (unpaired) electrons. The maximum Gasteiger partial charge on any atom is 0.271 e. The molecule has 1 aliphatic heterocycles. The fourth-order valence-electron chi connectivity index (χ4n) is 4.13. The van der Waals surface area contributed by atoms with Gasteiger partial charge in [0.1, 0.15) is 16.4 Å². The highest BCUT2D eigenvalue weighted by molar-refractivity contribution is 7.13. The van der Waals surface area contributed by atoms with Gasteiger partial charge in [0.15, 0.2) is 0 Å². The number of carbonyl (C=O) groups excluding carboxylic acids is 2. The molecule has 5 rings (SSSR count). The van der Waals surface area contributed by atoms with Crippen molar-refractivity contribution in [2.75, 3.05) is 13.1 Å². The Morgan fingerprint density at radius 3 is 2.67 bits per heavy atom. The first-order valence-electron chi connectivity index (χ1n) is 10.9. The van der Waals surface area contributed by atoms with Gasteiger partial charge in [-0.2, -0.15) is 0 Å². The molecule has 0 saturated carbocycles. The van der Waals surface area contributed by atoms with Gasteiger partial charge in [0.2, 0.25) is 0 Å². The fourth-order valence-corrected chi connectivity index (χ4v) is 5.99. The van der Waals surface area contributed by atoms with E-state index in [0.717, 1.165) is 44.5 Å². The van der Waals surface area contributed by atoms with Crippen molar-refractivity contribution in [1.29, 1.82) is 0 Å². The Labute approximate surface area is 199 Å². The molecule has 170 valence electrons. The van der Waals surface area contributed by atoms with Crippen LogP contribution in [0.2, 0.25) is 0 Å². The molecule has 10 heteroatoms. The smallest absolute Gasteiger partial charge is 0.271 e. The molecular weight excluding hydrogens is 456 g/mol. The summed E-state index contributed by atoms with van der Waals surface area (Å²) in [5, 5.41) is 6.58. The third-order valence-corrected chi connectivity index (χ3v) is 7.91. The van der Waals surface area contributed by atoms with Crippen molar-refractivity contribution in [3.63, 3.8) is 0 Å². The van der Waals surface area contributed by atoms with Crippen molar-refractivity contribution in [3.05, 3.63) is 61.8 Å². The van der Waals surface area contributed by atoms with Gasteiger partial charge in [-0.05, 0) is 38.8 Å². The van der Waals surface area contributed by atoms with E-state index in [1.165, 1.54) is 22.7 Å². The summed E-state index contributed by atoms with van der Waals surface area (Å²) in [5.41, 5.74) is 3.06. The molecule has 0 unspecified atom stereocenters.